The Hall–Kier alpha value is -2.95. The Bertz CT molecular complexity index is 998. The number of likely N-dealkylation sites (tertiary alicyclic amines) is 1. The molecule has 2 aromatic rings. The third-order valence-electron chi connectivity index (χ3n) is 7.98. The minimum absolute atomic E-state index is 0.0381. The summed E-state index contributed by atoms with van der Waals surface area (Å²) in [5, 5.41) is 0. The van der Waals surface area contributed by atoms with E-state index in [9.17, 15) is 9.59 Å². The first-order valence-corrected chi connectivity index (χ1v) is 12.3. The first kappa shape index (κ1) is 21.9. The van der Waals surface area contributed by atoms with Crippen molar-refractivity contribution in [3.63, 3.8) is 0 Å². The Morgan fingerprint density at radius 1 is 1.03 bits per heavy atom. The van der Waals surface area contributed by atoms with Crippen molar-refractivity contribution in [2.24, 2.45) is 23.7 Å². The maximum Gasteiger partial charge on any atom is 0.272 e. The zero-order valence-electron chi connectivity index (χ0n) is 19.3. The number of benzene rings is 1. The number of pyridine rings is 1. The van der Waals surface area contributed by atoms with E-state index in [1.165, 1.54) is 5.56 Å². The molecule has 2 amide bonds. The van der Waals surface area contributed by atoms with Crippen LogP contribution in [0.1, 0.15) is 41.7 Å². The van der Waals surface area contributed by atoms with E-state index in [0.717, 1.165) is 45.2 Å². The molecule has 2 fully saturated rings. The monoisotopic (exact) mass is 443 g/mol. The number of carbonyl (C=O) groups excluding carboxylic acids is 2. The number of nitrogens with zero attached hydrogens (tertiary/aromatic N) is 3. The summed E-state index contributed by atoms with van der Waals surface area (Å²) in [6.07, 6.45) is 11.1. The van der Waals surface area contributed by atoms with Crippen molar-refractivity contribution >= 4 is 11.8 Å². The van der Waals surface area contributed by atoms with E-state index in [4.69, 9.17) is 0 Å². The molecule has 1 unspecified atom stereocenters. The standard InChI is InChI=1S/C28H33N3O2/c1-30(28(33)25-9-5-6-14-29-25)26(19-20-7-3-2-4-8-20)22-12-15-31(16-13-22)27(32)24-18-21-10-11-23(24)17-21/h2-11,14,21-24,26H,12-13,15-19H2,1H3/t21-,23+,24+,26?/m1/s1. The van der Waals surface area contributed by atoms with Crippen LogP contribution in [-0.4, -0.2) is 52.8 Å². The van der Waals surface area contributed by atoms with Gasteiger partial charge in [0, 0.05) is 38.3 Å². The molecule has 1 saturated carbocycles. The first-order valence-electron chi connectivity index (χ1n) is 12.3. The second-order valence-corrected chi connectivity index (χ2v) is 9.94. The van der Waals surface area contributed by atoms with Gasteiger partial charge in [0.1, 0.15) is 5.69 Å². The van der Waals surface area contributed by atoms with Gasteiger partial charge in [-0.25, -0.2) is 0 Å². The number of piperidine rings is 1. The highest BCUT2D eigenvalue weighted by Gasteiger charge is 2.42. The van der Waals surface area contributed by atoms with Crippen molar-refractivity contribution in [1.29, 1.82) is 0 Å². The number of aromatic nitrogens is 1. The third kappa shape index (κ3) is 4.59. The lowest BCUT2D eigenvalue weighted by Gasteiger charge is -2.41. The van der Waals surface area contributed by atoms with Crippen LogP contribution in [-0.2, 0) is 11.2 Å². The summed E-state index contributed by atoms with van der Waals surface area (Å²) in [5.74, 6) is 1.92. The molecule has 3 aliphatic rings. The molecule has 5 rings (SSSR count). The summed E-state index contributed by atoms with van der Waals surface area (Å²) in [7, 11) is 1.91. The van der Waals surface area contributed by atoms with Gasteiger partial charge in [0.15, 0.2) is 0 Å². The van der Waals surface area contributed by atoms with Crippen molar-refractivity contribution in [2.45, 2.75) is 38.1 Å². The van der Waals surface area contributed by atoms with Gasteiger partial charge in [-0.1, -0.05) is 48.6 Å². The van der Waals surface area contributed by atoms with Gasteiger partial charge in [0.2, 0.25) is 5.91 Å². The summed E-state index contributed by atoms with van der Waals surface area (Å²) in [6, 6.07) is 15.9. The van der Waals surface area contributed by atoms with Gasteiger partial charge in [-0.3, -0.25) is 14.6 Å². The van der Waals surface area contributed by atoms with Crippen molar-refractivity contribution in [3.05, 3.63) is 78.1 Å². The molecule has 33 heavy (non-hydrogen) atoms. The quantitative estimate of drug-likeness (QED) is 0.629. The number of rotatable bonds is 6. The van der Waals surface area contributed by atoms with Crippen molar-refractivity contribution in [2.75, 3.05) is 20.1 Å². The summed E-state index contributed by atoms with van der Waals surface area (Å²) in [5.41, 5.74) is 1.71. The Balaban J connectivity index is 1.28. The van der Waals surface area contributed by atoms with Crippen LogP contribution in [0.25, 0.3) is 0 Å². The van der Waals surface area contributed by atoms with Crippen LogP contribution < -0.4 is 0 Å². The predicted octanol–water partition coefficient (Wildman–Crippen LogP) is 4.22. The van der Waals surface area contributed by atoms with Crippen molar-refractivity contribution in [1.82, 2.24) is 14.8 Å². The highest BCUT2D eigenvalue weighted by atomic mass is 16.2. The van der Waals surface area contributed by atoms with E-state index in [2.05, 4.69) is 46.3 Å². The lowest BCUT2D eigenvalue weighted by molar-refractivity contribution is -0.138. The predicted molar refractivity (Wildman–Crippen MR) is 128 cm³/mol. The lowest BCUT2D eigenvalue weighted by atomic mass is 9.84. The fraction of sp³-hybridized carbons (Fsp3) is 0.464. The van der Waals surface area contributed by atoms with Crippen LogP contribution in [0.5, 0.6) is 0 Å². The van der Waals surface area contributed by atoms with Crippen LogP contribution in [0.4, 0.5) is 0 Å². The van der Waals surface area contributed by atoms with Crippen molar-refractivity contribution in [3.8, 4) is 0 Å². The zero-order chi connectivity index (χ0) is 22.8. The molecule has 5 heteroatoms. The number of allylic oxidation sites excluding steroid dienone is 2. The van der Waals surface area contributed by atoms with E-state index < -0.39 is 0 Å². The number of carbonyl (C=O) groups is 2. The average molecular weight is 444 g/mol. The summed E-state index contributed by atoms with van der Waals surface area (Å²) in [4.78, 5) is 34.7. The molecule has 2 aliphatic carbocycles. The smallest absolute Gasteiger partial charge is 0.272 e. The van der Waals surface area contributed by atoms with Crippen LogP contribution in [0, 0.1) is 23.7 Å². The highest BCUT2D eigenvalue weighted by Crippen LogP contribution is 2.44. The van der Waals surface area contributed by atoms with Gasteiger partial charge in [0.25, 0.3) is 5.91 Å². The second kappa shape index (κ2) is 9.50. The van der Waals surface area contributed by atoms with E-state index in [-0.39, 0.29) is 17.9 Å². The van der Waals surface area contributed by atoms with Gasteiger partial charge in [-0.15, -0.1) is 0 Å². The van der Waals surface area contributed by atoms with E-state index in [0.29, 0.717) is 29.4 Å². The number of hydrogen-bond acceptors (Lipinski definition) is 3. The molecular formula is C28H33N3O2. The minimum Gasteiger partial charge on any atom is -0.342 e. The van der Waals surface area contributed by atoms with Crippen molar-refractivity contribution < 1.29 is 9.59 Å². The molecule has 0 radical (unpaired) electrons. The maximum atomic E-state index is 13.2. The molecule has 1 aromatic carbocycles. The highest BCUT2D eigenvalue weighted by molar-refractivity contribution is 5.92. The van der Waals surface area contributed by atoms with Gasteiger partial charge in [-0.2, -0.15) is 0 Å². The Kier molecular flexibility index (Phi) is 6.30. The molecule has 1 saturated heterocycles. The fourth-order valence-electron chi connectivity index (χ4n) is 6.10. The molecule has 1 aliphatic heterocycles. The number of fused-ring (bicyclic) bond motifs is 2. The van der Waals surface area contributed by atoms with E-state index in [1.807, 2.05) is 30.1 Å². The number of amides is 2. The Morgan fingerprint density at radius 3 is 2.42 bits per heavy atom. The Morgan fingerprint density at radius 2 is 1.79 bits per heavy atom. The van der Waals surface area contributed by atoms with Gasteiger partial charge < -0.3 is 9.80 Å². The SMILES string of the molecule is CN(C(=O)c1ccccn1)C(Cc1ccccc1)C1CCN(C(=O)[C@H]2C[C@@H]3C=C[C@H]2C3)CC1. The summed E-state index contributed by atoms with van der Waals surface area (Å²) < 4.78 is 0. The minimum atomic E-state index is -0.0381. The van der Waals surface area contributed by atoms with Crippen LogP contribution >= 0.6 is 0 Å². The molecule has 172 valence electrons. The zero-order valence-corrected chi connectivity index (χ0v) is 19.3. The van der Waals surface area contributed by atoms with E-state index >= 15 is 0 Å². The third-order valence-corrected chi connectivity index (χ3v) is 7.98. The van der Waals surface area contributed by atoms with Crippen LogP contribution in [0.2, 0.25) is 0 Å². The summed E-state index contributed by atoms with van der Waals surface area (Å²) in [6.45, 7) is 1.58. The molecule has 1 aromatic heterocycles. The fourth-order valence-corrected chi connectivity index (χ4v) is 6.10. The molecule has 2 bridgehead atoms. The molecule has 0 spiro atoms. The molecule has 0 N–H and O–H groups in total. The topological polar surface area (TPSA) is 53.5 Å². The van der Waals surface area contributed by atoms with Crippen LogP contribution in [0.3, 0.4) is 0 Å². The molecule has 5 nitrogen and oxygen atoms in total. The number of likely N-dealkylation sites (N-methyl/N-ethyl adjacent to an activating group) is 1. The normalized spacial score (nSPS) is 25.2. The largest absolute Gasteiger partial charge is 0.342 e. The maximum absolute atomic E-state index is 13.2. The van der Waals surface area contributed by atoms with E-state index in [1.54, 1.807) is 12.3 Å². The van der Waals surface area contributed by atoms with Gasteiger partial charge >= 0.3 is 0 Å². The first-order chi connectivity index (χ1) is 16.1. The molecule has 2 heterocycles. The summed E-state index contributed by atoms with van der Waals surface area (Å²) >= 11 is 0. The molecule has 4 atom stereocenters. The van der Waals surface area contributed by atoms with Gasteiger partial charge in [0.05, 0.1) is 0 Å². The van der Waals surface area contributed by atoms with Gasteiger partial charge in [-0.05, 0) is 67.6 Å². The van der Waals surface area contributed by atoms with Crippen LogP contribution in [0.15, 0.2) is 66.9 Å². The Labute approximate surface area is 196 Å². The average Bonchev–Trinajstić information content (AvgIpc) is 3.51. The number of hydrogen-bond donors (Lipinski definition) is 0. The molecular weight excluding hydrogens is 410 g/mol. The lowest BCUT2D eigenvalue weighted by Crippen LogP contribution is -2.49. The second-order valence-electron chi connectivity index (χ2n) is 9.94.